The maximum absolute atomic E-state index is 12.8. The van der Waals surface area contributed by atoms with Crippen molar-refractivity contribution in [1.82, 2.24) is 5.32 Å². The van der Waals surface area contributed by atoms with Crippen molar-refractivity contribution >= 4 is 11.9 Å². The van der Waals surface area contributed by atoms with Gasteiger partial charge in [0.1, 0.15) is 5.82 Å². The van der Waals surface area contributed by atoms with Crippen LogP contribution in [0.15, 0.2) is 24.3 Å². The number of carbonyl (C=O) groups is 2. The summed E-state index contributed by atoms with van der Waals surface area (Å²) in [5, 5.41) is 2.51. The van der Waals surface area contributed by atoms with Crippen LogP contribution in [-0.4, -0.2) is 25.0 Å². The Morgan fingerprint density at radius 1 is 1.26 bits per heavy atom. The van der Waals surface area contributed by atoms with Gasteiger partial charge in [-0.25, -0.2) is 9.18 Å². The highest BCUT2D eigenvalue weighted by Gasteiger charge is 2.23. The van der Waals surface area contributed by atoms with E-state index in [1.807, 2.05) is 13.8 Å². The zero-order valence-electron chi connectivity index (χ0n) is 11.3. The van der Waals surface area contributed by atoms with E-state index in [1.54, 1.807) is 19.1 Å². The number of amides is 1. The van der Waals surface area contributed by atoms with E-state index in [9.17, 15) is 14.0 Å². The van der Waals surface area contributed by atoms with Crippen LogP contribution in [-0.2, 0) is 19.7 Å². The molecule has 0 heterocycles. The third kappa shape index (κ3) is 4.35. The summed E-state index contributed by atoms with van der Waals surface area (Å²) < 4.78 is 17.4. The Labute approximate surface area is 112 Å². The van der Waals surface area contributed by atoms with Crippen LogP contribution in [0.3, 0.4) is 0 Å². The van der Waals surface area contributed by atoms with Gasteiger partial charge in [-0.3, -0.25) is 4.79 Å². The fraction of sp³-hybridized carbons (Fsp3) is 0.429. The first-order valence-corrected chi connectivity index (χ1v) is 6.08. The molecule has 0 aliphatic carbocycles. The largest absolute Gasteiger partial charge is 0.459 e. The van der Waals surface area contributed by atoms with Crippen molar-refractivity contribution in [2.24, 2.45) is 0 Å². The molecule has 5 heteroatoms. The molecule has 0 aromatic heterocycles. The Hall–Kier alpha value is -1.91. The molecule has 0 aliphatic rings. The maximum Gasteiger partial charge on any atom is 0.396 e. The van der Waals surface area contributed by atoms with E-state index in [0.29, 0.717) is 0 Å². The molecule has 104 valence electrons. The van der Waals surface area contributed by atoms with Crippen LogP contribution >= 0.6 is 0 Å². The first-order chi connectivity index (χ1) is 8.86. The van der Waals surface area contributed by atoms with E-state index >= 15 is 0 Å². The minimum atomic E-state index is -0.891. The average Bonchev–Trinajstić information content (AvgIpc) is 2.37. The smallest absolute Gasteiger partial charge is 0.396 e. The highest BCUT2D eigenvalue weighted by Crippen LogP contribution is 2.22. The molecule has 0 aliphatic heterocycles. The summed E-state index contributed by atoms with van der Waals surface area (Å²) in [6.45, 7) is 5.84. The number of rotatable bonds is 4. The van der Waals surface area contributed by atoms with Crippen molar-refractivity contribution in [3.05, 3.63) is 35.6 Å². The number of benzene rings is 1. The molecule has 4 nitrogen and oxygen atoms in total. The van der Waals surface area contributed by atoms with E-state index < -0.39 is 17.3 Å². The van der Waals surface area contributed by atoms with E-state index in [-0.39, 0.29) is 19.0 Å². The molecule has 0 saturated heterocycles. The monoisotopic (exact) mass is 267 g/mol. The van der Waals surface area contributed by atoms with E-state index in [0.717, 1.165) is 5.56 Å². The van der Waals surface area contributed by atoms with Gasteiger partial charge in [-0.2, -0.15) is 0 Å². The topological polar surface area (TPSA) is 55.4 Å². The Bertz CT molecular complexity index is 454. The van der Waals surface area contributed by atoms with Gasteiger partial charge in [-0.05, 0) is 24.6 Å². The van der Waals surface area contributed by atoms with Crippen LogP contribution in [0, 0.1) is 5.82 Å². The van der Waals surface area contributed by atoms with Crippen LogP contribution in [0.2, 0.25) is 0 Å². The van der Waals surface area contributed by atoms with Crippen molar-refractivity contribution in [1.29, 1.82) is 0 Å². The predicted molar refractivity (Wildman–Crippen MR) is 69.1 cm³/mol. The number of hydrogen-bond donors (Lipinski definition) is 1. The number of halogens is 1. The van der Waals surface area contributed by atoms with Crippen molar-refractivity contribution in [2.75, 3.05) is 13.2 Å². The molecule has 0 atom stereocenters. The van der Waals surface area contributed by atoms with Gasteiger partial charge in [-0.1, -0.05) is 26.0 Å². The lowest BCUT2D eigenvalue weighted by atomic mass is 9.84. The van der Waals surface area contributed by atoms with Gasteiger partial charge in [-0.15, -0.1) is 0 Å². The summed E-state index contributed by atoms with van der Waals surface area (Å²) in [7, 11) is 0. The molecule has 0 unspecified atom stereocenters. The first-order valence-electron chi connectivity index (χ1n) is 6.08. The van der Waals surface area contributed by atoms with Crippen LogP contribution in [0.25, 0.3) is 0 Å². The van der Waals surface area contributed by atoms with Crippen LogP contribution in [0.5, 0.6) is 0 Å². The lowest BCUT2D eigenvalue weighted by Gasteiger charge is -2.25. The van der Waals surface area contributed by atoms with Gasteiger partial charge in [0.25, 0.3) is 0 Å². The molecule has 0 saturated carbocycles. The third-order valence-electron chi connectivity index (χ3n) is 2.78. The molecule has 1 aromatic rings. The number of hydrogen-bond acceptors (Lipinski definition) is 3. The second-order valence-corrected chi connectivity index (χ2v) is 4.79. The molecule has 0 bridgehead atoms. The molecule has 0 spiro atoms. The van der Waals surface area contributed by atoms with Gasteiger partial charge in [0, 0.05) is 12.0 Å². The summed E-state index contributed by atoms with van der Waals surface area (Å²) in [6.07, 6.45) is 0. The van der Waals surface area contributed by atoms with Gasteiger partial charge in [0.15, 0.2) is 0 Å². The standard InChI is InChI=1S/C14H18FNO3/c1-4-19-13(18)12(17)16-9-14(2,3)10-5-7-11(15)8-6-10/h5-8H,4,9H2,1-3H3,(H,16,17). The predicted octanol–water partition coefficient (Wildman–Crippen LogP) is 1.78. The molecule has 1 N–H and O–H groups in total. The van der Waals surface area contributed by atoms with Crippen molar-refractivity contribution < 1.29 is 18.7 Å². The van der Waals surface area contributed by atoms with Gasteiger partial charge in [0.05, 0.1) is 6.61 Å². The molecule has 0 radical (unpaired) electrons. The highest BCUT2D eigenvalue weighted by atomic mass is 19.1. The Morgan fingerprint density at radius 2 is 1.84 bits per heavy atom. The molecule has 1 amide bonds. The third-order valence-corrected chi connectivity index (χ3v) is 2.78. The second-order valence-electron chi connectivity index (χ2n) is 4.79. The number of nitrogens with one attached hydrogen (secondary N) is 1. The minimum Gasteiger partial charge on any atom is -0.459 e. The normalized spacial score (nSPS) is 10.9. The lowest BCUT2D eigenvalue weighted by molar-refractivity contribution is -0.154. The summed E-state index contributed by atoms with van der Waals surface area (Å²) >= 11 is 0. The molecular weight excluding hydrogens is 249 g/mol. The van der Waals surface area contributed by atoms with Crippen LogP contribution in [0.4, 0.5) is 4.39 Å². The van der Waals surface area contributed by atoms with Crippen molar-refractivity contribution in [3.8, 4) is 0 Å². The zero-order valence-corrected chi connectivity index (χ0v) is 11.3. The fourth-order valence-corrected chi connectivity index (χ4v) is 1.57. The summed E-state index contributed by atoms with van der Waals surface area (Å²) in [5.74, 6) is -1.97. The average molecular weight is 267 g/mol. The fourth-order valence-electron chi connectivity index (χ4n) is 1.57. The summed E-state index contributed by atoms with van der Waals surface area (Å²) in [6, 6.07) is 6.05. The lowest BCUT2D eigenvalue weighted by Crippen LogP contribution is -2.40. The van der Waals surface area contributed by atoms with Gasteiger partial charge in [0.2, 0.25) is 0 Å². The maximum atomic E-state index is 12.8. The Morgan fingerprint density at radius 3 is 2.37 bits per heavy atom. The molecule has 0 fully saturated rings. The minimum absolute atomic E-state index is 0.160. The molecular formula is C14H18FNO3. The van der Waals surface area contributed by atoms with E-state index in [1.165, 1.54) is 12.1 Å². The number of esters is 1. The van der Waals surface area contributed by atoms with Crippen molar-refractivity contribution in [3.63, 3.8) is 0 Å². The number of ether oxygens (including phenoxy) is 1. The van der Waals surface area contributed by atoms with E-state index in [2.05, 4.69) is 10.1 Å². The molecule has 19 heavy (non-hydrogen) atoms. The van der Waals surface area contributed by atoms with Crippen LogP contribution in [0.1, 0.15) is 26.3 Å². The second kappa shape index (κ2) is 6.31. The highest BCUT2D eigenvalue weighted by molar-refractivity contribution is 6.32. The van der Waals surface area contributed by atoms with Crippen LogP contribution < -0.4 is 5.32 Å². The Balaban J connectivity index is 2.62. The zero-order chi connectivity index (χ0) is 14.5. The summed E-state index contributed by atoms with van der Waals surface area (Å²) in [5.41, 5.74) is 0.466. The molecule has 1 rings (SSSR count). The van der Waals surface area contributed by atoms with E-state index in [4.69, 9.17) is 0 Å². The SMILES string of the molecule is CCOC(=O)C(=O)NCC(C)(C)c1ccc(F)cc1. The van der Waals surface area contributed by atoms with Crippen molar-refractivity contribution in [2.45, 2.75) is 26.2 Å². The number of carbonyl (C=O) groups excluding carboxylic acids is 2. The van der Waals surface area contributed by atoms with Gasteiger partial charge >= 0.3 is 11.9 Å². The quantitative estimate of drug-likeness (QED) is 0.668. The first kappa shape index (κ1) is 15.1. The summed E-state index contributed by atoms with van der Waals surface area (Å²) in [4.78, 5) is 22.6. The Kier molecular flexibility index (Phi) is 5.03. The van der Waals surface area contributed by atoms with Gasteiger partial charge < -0.3 is 10.1 Å². The molecule has 1 aromatic carbocycles.